The van der Waals surface area contributed by atoms with Gasteiger partial charge in [0.05, 0.1) is 32.5 Å². The van der Waals surface area contributed by atoms with E-state index in [0.717, 1.165) is 0 Å². The molecule has 0 aromatic carbocycles. The van der Waals surface area contributed by atoms with Crippen LogP contribution in [-0.2, 0) is 0 Å². The zero-order chi connectivity index (χ0) is 12.3. The Hall–Kier alpha value is -0.920. The molecule has 0 fully saturated rings. The first kappa shape index (κ1) is 13.1. The SMILES string of the molecule is OCC1=C(CO)C(O)C(CO)C(CO)=C1O. The summed E-state index contributed by atoms with van der Waals surface area (Å²) < 4.78 is 0. The van der Waals surface area contributed by atoms with Crippen LogP contribution in [0.1, 0.15) is 0 Å². The Kier molecular flexibility index (Phi) is 4.45. The summed E-state index contributed by atoms with van der Waals surface area (Å²) in [6, 6.07) is 0. The number of aliphatic hydroxyl groups is 6. The van der Waals surface area contributed by atoms with Crippen molar-refractivity contribution in [3.05, 3.63) is 22.5 Å². The summed E-state index contributed by atoms with van der Waals surface area (Å²) in [5.74, 6) is -1.22. The fourth-order valence-electron chi connectivity index (χ4n) is 1.90. The third-order valence-corrected chi connectivity index (χ3v) is 2.86. The summed E-state index contributed by atoms with van der Waals surface area (Å²) >= 11 is 0. The number of aliphatic hydroxyl groups excluding tert-OH is 6. The molecular weight excluding hydrogens is 216 g/mol. The molecule has 0 aromatic rings. The monoisotopic (exact) mass is 232 g/mol. The highest BCUT2D eigenvalue weighted by Gasteiger charge is 2.35. The van der Waals surface area contributed by atoms with Crippen LogP contribution >= 0.6 is 0 Å². The Balaban J connectivity index is 3.28. The topological polar surface area (TPSA) is 121 Å². The van der Waals surface area contributed by atoms with Crippen molar-refractivity contribution in [2.24, 2.45) is 5.92 Å². The summed E-state index contributed by atoms with van der Waals surface area (Å²) in [5, 5.41) is 55.7. The number of hydrogen-bond donors (Lipinski definition) is 6. The lowest BCUT2D eigenvalue weighted by Gasteiger charge is -2.31. The van der Waals surface area contributed by atoms with Gasteiger partial charge in [-0.25, -0.2) is 0 Å². The second kappa shape index (κ2) is 5.42. The van der Waals surface area contributed by atoms with Crippen molar-refractivity contribution >= 4 is 0 Å². The lowest BCUT2D eigenvalue weighted by atomic mass is 9.80. The summed E-state index contributed by atoms with van der Waals surface area (Å²) in [4.78, 5) is 0. The minimum Gasteiger partial charge on any atom is -0.508 e. The zero-order valence-electron chi connectivity index (χ0n) is 8.67. The minimum atomic E-state index is -1.21. The fraction of sp³-hybridized carbons (Fsp3) is 0.600. The summed E-state index contributed by atoms with van der Waals surface area (Å²) in [6.45, 7) is -2.09. The Morgan fingerprint density at radius 3 is 1.81 bits per heavy atom. The first-order chi connectivity index (χ1) is 7.62. The van der Waals surface area contributed by atoms with Gasteiger partial charge in [0.2, 0.25) is 0 Å². The molecule has 0 heterocycles. The molecule has 6 N–H and O–H groups in total. The van der Waals surface area contributed by atoms with Crippen molar-refractivity contribution in [2.45, 2.75) is 6.10 Å². The molecule has 0 aromatic heterocycles. The van der Waals surface area contributed by atoms with Gasteiger partial charge in [0.15, 0.2) is 0 Å². The van der Waals surface area contributed by atoms with Gasteiger partial charge >= 0.3 is 0 Å². The van der Waals surface area contributed by atoms with Crippen molar-refractivity contribution in [3.8, 4) is 0 Å². The largest absolute Gasteiger partial charge is 0.508 e. The first-order valence-corrected chi connectivity index (χ1v) is 4.88. The molecular formula is C10H16O6. The Bertz CT molecular complexity index is 319. The second-order valence-electron chi connectivity index (χ2n) is 3.59. The van der Waals surface area contributed by atoms with Crippen molar-refractivity contribution < 1.29 is 30.6 Å². The molecule has 1 aliphatic carbocycles. The van der Waals surface area contributed by atoms with E-state index in [1.807, 2.05) is 0 Å². The van der Waals surface area contributed by atoms with E-state index in [1.165, 1.54) is 0 Å². The second-order valence-corrected chi connectivity index (χ2v) is 3.59. The maximum absolute atomic E-state index is 9.80. The molecule has 0 saturated heterocycles. The molecule has 1 aliphatic rings. The molecule has 2 unspecified atom stereocenters. The number of rotatable bonds is 4. The molecule has 6 nitrogen and oxygen atoms in total. The van der Waals surface area contributed by atoms with Crippen LogP contribution in [0.3, 0.4) is 0 Å². The molecule has 0 bridgehead atoms. The van der Waals surface area contributed by atoms with Gasteiger partial charge in [-0.2, -0.15) is 0 Å². The van der Waals surface area contributed by atoms with E-state index in [-0.39, 0.29) is 22.5 Å². The van der Waals surface area contributed by atoms with Crippen LogP contribution in [0, 0.1) is 5.92 Å². The van der Waals surface area contributed by atoms with Crippen LogP contribution < -0.4 is 0 Å². The van der Waals surface area contributed by atoms with Crippen molar-refractivity contribution in [1.29, 1.82) is 0 Å². The molecule has 0 saturated carbocycles. The fourth-order valence-corrected chi connectivity index (χ4v) is 1.90. The van der Waals surface area contributed by atoms with E-state index in [1.54, 1.807) is 0 Å². The highest BCUT2D eigenvalue weighted by Crippen LogP contribution is 2.33. The molecule has 92 valence electrons. The van der Waals surface area contributed by atoms with E-state index in [4.69, 9.17) is 20.4 Å². The van der Waals surface area contributed by atoms with E-state index in [0.29, 0.717) is 0 Å². The minimum absolute atomic E-state index is 0.00347. The predicted octanol–water partition coefficient (Wildman–Crippen LogP) is -1.94. The van der Waals surface area contributed by atoms with Crippen molar-refractivity contribution in [3.63, 3.8) is 0 Å². The van der Waals surface area contributed by atoms with Gasteiger partial charge in [-0.05, 0) is 5.57 Å². The maximum atomic E-state index is 9.80. The number of hydrogen-bond acceptors (Lipinski definition) is 6. The standard InChI is InChI=1S/C10H16O6/c11-1-5-6(2-12)10(16)8(4-14)7(3-13)9(5)15/h5,9,11-16H,1-4H2. The molecule has 0 amide bonds. The lowest BCUT2D eigenvalue weighted by molar-refractivity contribution is 0.0842. The zero-order valence-corrected chi connectivity index (χ0v) is 8.67. The Morgan fingerprint density at radius 2 is 1.44 bits per heavy atom. The van der Waals surface area contributed by atoms with Gasteiger partial charge in [-0.3, -0.25) is 0 Å². The van der Waals surface area contributed by atoms with E-state index in [9.17, 15) is 10.2 Å². The maximum Gasteiger partial charge on any atom is 0.123 e. The van der Waals surface area contributed by atoms with Gasteiger partial charge in [-0.15, -0.1) is 0 Å². The van der Waals surface area contributed by atoms with Crippen LogP contribution in [0.4, 0.5) is 0 Å². The third kappa shape index (κ3) is 1.98. The highest BCUT2D eigenvalue weighted by molar-refractivity contribution is 5.43. The molecule has 2 atom stereocenters. The molecule has 0 spiro atoms. The van der Waals surface area contributed by atoms with Crippen molar-refractivity contribution in [1.82, 2.24) is 0 Å². The quantitative estimate of drug-likeness (QED) is 0.335. The van der Waals surface area contributed by atoms with Crippen LogP contribution in [0.15, 0.2) is 22.5 Å². The third-order valence-electron chi connectivity index (χ3n) is 2.86. The van der Waals surface area contributed by atoms with Gasteiger partial charge < -0.3 is 30.6 Å². The highest BCUT2D eigenvalue weighted by atomic mass is 16.3. The van der Waals surface area contributed by atoms with E-state index < -0.39 is 38.4 Å². The smallest absolute Gasteiger partial charge is 0.123 e. The van der Waals surface area contributed by atoms with Gasteiger partial charge in [0, 0.05) is 17.1 Å². The Labute approximate surface area is 92.4 Å². The van der Waals surface area contributed by atoms with Crippen LogP contribution in [0.2, 0.25) is 0 Å². The first-order valence-electron chi connectivity index (χ1n) is 4.88. The van der Waals surface area contributed by atoms with Gasteiger partial charge in [0.1, 0.15) is 5.76 Å². The van der Waals surface area contributed by atoms with Crippen LogP contribution in [0.5, 0.6) is 0 Å². The van der Waals surface area contributed by atoms with E-state index >= 15 is 0 Å². The molecule has 16 heavy (non-hydrogen) atoms. The van der Waals surface area contributed by atoms with Crippen molar-refractivity contribution in [2.75, 3.05) is 26.4 Å². The van der Waals surface area contributed by atoms with Crippen LogP contribution in [-0.4, -0.2) is 63.2 Å². The average molecular weight is 232 g/mol. The Morgan fingerprint density at radius 1 is 0.875 bits per heavy atom. The normalized spacial score (nSPS) is 26.6. The predicted molar refractivity (Wildman–Crippen MR) is 54.5 cm³/mol. The van der Waals surface area contributed by atoms with Crippen LogP contribution in [0.25, 0.3) is 0 Å². The lowest BCUT2D eigenvalue weighted by Crippen LogP contribution is -2.36. The molecule has 6 heteroatoms. The molecule has 0 radical (unpaired) electrons. The molecule has 0 aliphatic heterocycles. The van der Waals surface area contributed by atoms with Gasteiger partial charge in [-0.1, -0.05) is 0 Å². The molecule has 1 rings (SSSR count). The van der Waals surface area contributed by atoms with Gasteiger partial charge in [0.25, 0.3) is 0 Å². The summed E-state index contributed by atoms with van der Waals surface area (Å²) in [5.41, 5.74) is 0.135. The summed E-state index contributed by atoms with van der Waals surface area (Å²) in [6.07, 6.45) is -1.21. The van der Waals surface area contributed by atoms with E-state index in [2.05, 4.69) is 0 Å². The summed E-state index contributed by atoms with van der Waals surface area (Å²) in [7, 11) is 0. The average Bonchev–Trinajstić information content (AvgIpc) is 2.30.